The predicted octanol–water partition coefficient (Wildman–Crippen LogP) is 7.19. The average Bonchev–Trinajstić information content (AvgIpc) is 3.42. The standard InChI is InChI=1S/C33H41NO5/c1-25(2)33(36)39-18-11-9-7-5-3-4-6-8-10-17-37-31-15-14-28(22-30(31)24-35)29(23-34)20-26-12-13-27-16-19-38-32(27)21-26/h12-15,20-22,35H,1,3-11,16-19,24H2,2H3/b29-20+. The van der Waals surface area contributed by atoms with Gasteiger partial charge in [0.2, 0.25) is 0 Å². The largest absolute Gasteiger partial charge is 0.493 e. The topological polar surface area (TPSA) is 88.8 Å². The smallest absolute Gasteiger partial charge is 0.333 e. The van der Waals surface area contributed by atoms with Gasteiger partial charge in [0.25, 0.3) is 0 Å². The number of ether oxygens (including phenoxy) is 3. The van der Waals surface area contributed by atoms with E-state index in [1.54, 1.807) is 6.92 Å². The summed E-state index contributed by atoms with van der Waals surface area (Å²) >= 11 is 0. The third-order valence-corrected chi connectivity index (χ3v) is 6.82. The summed E-state index contributed by atoms with van der Waals surface area (Å²) in [5, 5.41) is 19.7. The minimum atomic E-state index is -0.300. The van der Waals surface area contributed by atoms with Gasteiger partial charge in [0, 0.05) is 17.6 Å². The minimum Gasteiger partial charge on any atom is -0.493 e. The van der Waals surface area contributed by atoms with Gasteiger partial charge in [0.05, 0.1) is 38.1 Å². The molecule has 0 unspecified atom stereocenters. The number of hydrogen-bond donors (Lipinski definition) is 1. The Bertz CT molecular complexity index is 1180. The first-order chi connectivity index (χ1) is 19.0. The van der Waals surface area contributed by atoms with E-state index in [4.69, 9.17) is 14.2 Å². The van der Waals surface area contributed by atoms with Gasteiger partial charge in [-0.3, -0.25) is 0 Å². The zero-order chi connectivity index (χ0) is 27.9. The summed E-state index contributed by atoms with van der Waals surface area (Å²) in [5.41, 5.74) is 4.53. The third kappa shape index (κ3) is 9.92. The van der Waals surface area contributed by atoms with Crippen molar-refractivity contribution in [3.63, 3.8) is 0 Å². The molecule has 0 amide bonds. The van der Waals surface area contributed by atoms with Crippen LogP contribution in [0.2, 0.25) is 0 Å². The number of aliphatic hydroxyl groups is 1. The van der Waals surface area contributed by atoms with Crippen molar-refractivity contribution in [2.75, 3.05) is 19.8 Å². The average molecular weight is 532 g/mol. The number of fused-ring (bicyclic) bond motifs is 1. The number of aliphatic hydroxyl groups excluding tert-OH is 1. The Hall–Kier alpha value is -3.56. The van der Waals surface area contributed by atoms with Gasteiger partial charge >= 0.3 is 5.97 Å². The Morgan fingerprint density at radius 2 is 1.72 bits per heavy atom. The van der Waals surface area contributed by atoms with Crippen molar-refractivity contribution in [1.82, 2.24) is 0 Å². The molecule has 1 heterocycles. The molecule has 2 aromatic rings. The number of hydrogen-bond acceptors (Lipinski definition) is 6. The lowest BCUT2D eigenvalue weighted by atomic mass is 10.0. The summed E-state index contributed by atoms with van der Waals surface area (Å²) < 4.78 is 16.7. The molecule has 0 radical (unpaired) electrons. The molecule has 3 rings (SSSR count). The highest BCUT2D eigenvalue weighted by Gasteiger charge is 2.13. The lowest BCUT2D eigenvalue weighted by Crippen LogP contribution is -2.05. The molecule has 0 saturated heterocycles. The number of carbonyl (C=O) groups excluding carboxylic acids is 1. The van der Waals surface area contributed by atoms with Crippen LogP contribution in [0.4, 0.5) is 0 Å². The Morgan fingerprint density at radius 1 is 1.03 bits per heavy atom. The van der Waals surface area contributed by atoms with Crippen LogP contribution in [-0.4, -0.2) is 30.9 Å². The second-order valence-corrected chi connectivity index (χ2v) is 10.1. The van der Waals surface area contributed by atoms with E-state index in [9.17, 15) is 15.2 Å². The number of allylic oxidation sites excluding steroid dienone is 1. The number of nitriles is 1. The normalized spacial score (nSPS) is 12.4. The zero-order valence-corrected chi connectivity index (χ0v) is 23.2. The van der Waals surface area contributed by atoms with E-state index in [1.807, 2.05) is 36.4 Å². The molecule has 208 valence electrons. The summed E-state index contributed by atoms with van der Waals surface area (Å²) in [7, 11) is 0. The van der Waals surface area contributed by atoms with Gasteiger partial charge in [-0.05, 0) is 66.8 Å². The molecular weight excluding hydrogens is 490 g/mol. The van der Waals surface area contributed by atoms with Crippen LogP contribution in [-0.2, 0) is 22.6 Å². The molecule has 0 bridgehead atoms. The van der Waals surface area contributed by atoms with Gasteiger partial charge in [0.15, 0.2) is 0 Å². The summed E-state index contributed by atoms with van der Waals surface area (Å²) in [6.45, 7) is 6.88. The number of benzene rings is 2. The van der Waals surface area contributed by atoms with Gasteiger partial charge < -0.3 is 19.3 Å². The molecule has 0 spiro atoms. The third-order valence-electron chi connectivity index (χ3n) is 6.82. The molecule has 6 heteroatoms. The molecule has 0 saturated carbocycles. The maximum atomic E-state index is 11.3. The van der Waals surface area contributed by atoms with Crippen molar-refractivity contribution in [3.05, 3.63) is 70.8 Å². The quantitative estimate of drug-likeness (QED) is 0.0764. The fourth-order valence-electron chi connectivity index (χ4n) is 4.54. The summed E-state index contributed by atoms with van der Waals surface area (Å²) in [5.74, 6) is 1.25. The fourth-order valence-corrected chi connectivity index (χ4v) is 4.54. The molecule has 0 aliphatic carbocycles. The van der Waals surface area contributed by atoms with Crippen LogP contribution in [0.1, 0.15) is 87.0 Å². The number of rotatable bonds is 17. The molecular formula is C33H41NO5. The van der Waals surface area contributed by atoms with E-state index in [-0.39, 0.29) is 12.6 Å². The number of carbonyl (C=O) groups is 1. The van der Waals surface area contributed by atoms with E-state index >= 15 is 0 Å². The number of esters is 1. The highest BCUT2D eigenvalue weighted by atomic mass is 16.5. The summed E-state index contributed by atoms with van der Waals surface area (Å²) in [4.78, 5) is 11.3. The highest BCUT2D eigenvalue weighted by Crippen LogP contribution is 2.29. The molecule has 0 atom stereocenters. The van der Waals surface area contributed by atoms with Crippen molar-refractivity contribution < 1.29 is 24.1 Å². The Labute approximate surface area is 232 Å². The molecule has 0 aromatic heterocycles. The maximum absolute atomic E-state index is 11.3. The monoisotopic (exact) mass is 531 g/mol. The Balaban J connectivity index is 1.33. The molecule has 1 N–H and O–H groups in total. The van der Waals surface area contributed by atoms with Crippen molar-refractivity contribution in [2.45, 2.75) is 77.7 Å². The lowest BCUT2D eigenvalue weighted by molar-refractivity contribution is -0.139. The first-order valence-corrected chi connectivity index (χ1v) is 14.1. The fraction of sp³-hybridized carbons (Fsp3) is 0.455. The van der Waals surface area contributed by atoms with E-state index < -0.39 is 0 Å². The molecule has 2 aromatic carbocycles. The first kappa shape index (κ1) is 30.0. The maximum Gasteiger partial charge on any atom is 0.333 e. The molecule has 6 nitrogen and oxygen atoms in total. The lowest BCUT2D eigenvalue weighted by Gasteiger charge is -2.12. The van der Waals surface area contributed by atoms with E-state index in [2.05, 4.69) is 18.7 Å². The molecule has 0 fully saturated rings. The van der Waals surface area contributed by atoms with Gasteiger partial charge in [-0.15, -0.1) is 0 Å². The van der Waals surface area contributed by atoms with Crippen LogP contribution in [0.5, 0.6) is 11.5 Å². The van der Waals surface area contributed by atoms with Crippen LogP contribution in [0.3, 0.4) is 0 Å². The number of unbranched alkanes of at least 4 members (excludes halogenated alkanes) is 8. The van der Waals surface area contributed by atoms with Crippen LogP contribution < -0.4 is 9.47 Å². The predicted molar refractivity (Wildman–Crippen MR) is 154 cm³/mol. The SMILES string of the molecule is C=C(C)C(=O)OCCCCCCCCCCCOc1ccc(/C(C#N)=C/c2ccc3c(c2)OCC3)cc1CO. The van der Waals surface area contributed by atoms with Gasteiger partial charge in [0.1, 0.15) is 11.5 Å². The van der Waals surface area contributed by atoms with E-state index in [0.29, 0.717) is 42.3 Å². The minimum absolute atomic E-state index is 0.148. The molecule has 39 heavy (non-hydrogen) atoms. The van der Waals surface area contributed by atoms with E-state index in [0.717, 1.165) is 55.4 Å². The second kappa shape index (κ2) is 16.4. The first-order valence-electron chi connectivity index (χ1n) is 14.1. The van der Waals surface area contributed by atoms with Gasteiger partial charge in [-0.25, -0.2) is 4.79 Å². The van der Waals surface area contributed by atoms with Crippen molar-refractivity contribution >= 4 is 17.6 Å². The Morgan fingerprint density at radius 3 is 2.38 bits per heavy atom. The van der Waals surface area contributed by atoms with Gasteiger partial charge in [-0.2, -0.15) is 5.26 Å². The van der Waals surface area contributed by atoms with Crippen LogP contribution in [0.25, 0.3) is 11.6 Å². The van der Waals surface area contributed by atoms with Crippen molar-refractivity contribution in [2.24, 2.45) is 0 Å². The number of nitrogens with zero attached hydrogens (tertiary/aromatic N) is 1. The Kier molecular flexibility index (Phi) is 12.6. The van der Waals surface area contributed by atoms with Crippen molar-refractivity contribution in [1.29, 1.82) is 5.26 Å². The second-order valence-electron chi connectivity index (χ2n) is 10.1. The van der Waals surface area contributed by atoms with Crippen molar-refractivity contribution in [3.8, 4) is 17.6 Å². The van der Waals surface area contributed by atoms with Crippen LogP contribution >= 0.6 is 0 Å². The molecule has 1 aliphatic rings. The molecule has 1 aliphatic heterocycles. The van der Waals surface area contributed by atoms with E-state index in [1.165, 1.54) is 31.2 Å². The highest BCUT2D eigenvalue weighted by molar-refractivity contribution is 5.90. The van der Waals surface area contributed by atoms with Crippen LogP contribution in [0, 0.1) is 11.3 Å². The summed E-state index contributed by atoms with van der Waals surface area (Å²) in [6, 6.07) is 13.9. The zero-order valence-electron chi connectivity index (χ0n) is 23.2. The van der Waals surface area contributed by atoms with Crippen LogP contribution in [0.15, 0.2) is 48.6 Å². The summed E-state index contributed by atoms with van der Waals surface area (Å²) in [6.07, 6.45) is 12.8. The van der Waals surface area contributed by atoms with Gasteiger partial charge in [-0.1, -0.05) is 63.7 Å².